The van der Waals surface area contributed by atoms with E-state index in [-0.39, 0.29) is 17.7 Å². The summed E-state index contributed by atoms with van der Waals surface area (Å²) in [7, 11) is 0. The second-order valence-corrected chi connectivity index (χ2v) is 9.44. The molecule has 0 radical (unpaired) electrons. The van der Waals surface area contributed by atoms with E-state index in [0.29, 0.717) is 17.9 Å². The fraction of sp³-hybridized carbons (Fsp3) is 0.385. The largest absolute Gasteiger partial charge is 0.376 e. The van der Waals surface area contributed by atoms with Gasteiger partial charge in [-0.3, -0.25) is 4.79 Å². The third-order valence-corrected chi connectivity index (χ3v) is 7.15. The van der Waals surface area contributed by atoms with E-state index >= 15 is 0 Å². The topological polar surface area (TPSA) is 88.9 Å². The summed E-state index contributed by atoms with van der Waals surface area (Å²) in [5.41, 5.74) is 4.83. The molecule has 4 heterocycles. The van der Waals surface area contributed by atoms with E-state index in [0.717, 1.165) is 48.0 Å². The molecule has 0 bridgehead atoms. The molecule has 0 spiro atoms. The maximum absolute atomic E-state index is 13.6. The number of hydrogen-bond acceptors (Lipinski definition) is 6. The van der Waals surface area contributed by atoms with Crippen LogP contribution < -0.4 is 10.5 Å². The summed E-state index contributed by atoms with van der Waals surface area (Å²) < 4.78 is 7.69. The molecule has 1 fully saturated rings. The monoisotopic (exact) mass is 456 g/mol. The minimum atomic E-state index is -0.427. The Morgan fingerprint density at radius 2 is 2.09 bits per heavy atom. The van der Waals surface area contributed by atoms with Gasteiger partial charge in [-0.05, 0) is 72.2 Å². The van der Waals surface area contributed by atoms with Crippen LogP contribution in [0.1, 0.15) is 48.3 Å². The minimum absolute atomic E-state index is 0.0868. The predicted molar refractivity (Wildman–Crippen MR) is 130 cm³/mol. The number of nitrogens with zero attached hydrogens (tertiary/aromatic N) is 5. The summed E-state index contributed by atoms with van der Waals surface area (Å²) in [6.07, 6.45) is 3.03. The van der Waals surface area contributed by atoms with Crippen molar-refractivity contribution >= 4 is 16.6 Å². The molecule has 2 aromatic carbocycles. The lowest BCUT2D eigenvalue weighted by Crippen LogP contribution is -2.39. The lowest BCUT2D eigenvalue weighted by molar-refractivity contribution is 0.0924. The van der Waals surface area contributed by atoms with Crippen LogP contribution in [0.25, 0.3) is 10.9 Å². The molecule has 2 aliphatic rings. The molecular formula is C26H28N6O2. The number of para-hydroxylation sites is 2. The standard InChI is InChI=1S/C26H28N6O2/c1-16-7-5-9-19-14-21(26(33)27-23(16)19)24(32-17(2)13-18-8-3-4-11-22(18)32)25-28-29-30-31(25)15-20-10-6-12-34-20/h3-5,7-9,11,14,17,20,24H,6,10,12-13,15H2,1-2H3,(H,27,33). The molecule has 0 amide bonds. The molecule has 2 aromatic heterocycles. The molecular weight excluding hydrogens is 428 g/mol. The molecule has 0 aliphatic carbocycles. The Bertz CT molecular complexity index is 1400. The van der Waals surface area contributed by atoms with E-state index in [9.17, 15) is 4.79 Å². The van der Waals surface area contributed by atoms with Crippen molar-refractivity contribution in [2.75, 3.05) is 11.5 Å². The smallest absolute Gasteiger partial charge is 0.254 e. The zero-order valence-electron chi connectivity index (χ0n) is 19.4. The van der Waals surface area contributed by atoms with E-state index in [2.05, 4.69) is 50.5 Å². The predicted octanol–water partition coefficient (Wildman–Crippen LogP) is 3.54. The zero-order chi connectivity index (χ0) is 23.2. The lowest BCUT2D eigenvalue weighted by Gasteiger charge is -2.33. The molecule has 8 nitrogen and oxygen atoms in total. The van der Waals surface area contributed by atoms with Crippen molar-refractivity contribution in [3.8, 4) is 0 Å². The fourth-order valence-electron chi connectivity index (χ4n) is 5.52. The van der Waals surface area contributed by atoms with Crippen LogP contribution in [0.5, 0.6) is 0 Å². The Kier molecular flexibility index (Phi) is 5.17. The van der Waals surface area contributed by atoms with Gasteiger partial charge in [-0.25, -0.2) is 4.68 Å². The number of anilines is 1. The van der Waals surface area contributed by atoms with Gasteiger partial charge in [0.15, 0.2) is 5.82 Å². The number of aromatic nitrogens is 5. The SMILES string of the molecule is Cc1cccc2cc(C(c3nnnn3CC3CCCO3)N3c4ccccc4CC3C)c(=O)[nH]c12. The van der Waals surface area contributed by atoms with Crippen molar-refractivity contribution in [3.63, 3.8) is 0 Å². The first kappa shape index (κ1) is 21.0. The molecule has 174 valence electrons. The van der Waals surface area contributed by atoms with Crippen LogP contribution in [0, 0.1) is 6.92 Å². The number of nitrogens with one attached hydrogen (secondary N) is 1. The van der Waals surface area contributed by atoms with Gasteiger partial charge in [-0.15, -0.1) is 5.10 Å². The maximum Gasteiger partial charge on any atom is 0.254 e. The van der Waals surface area contributed by atoms with Crippen molar-refractivity contribution in [1.29, 1.82) is 0 Å². The first-order valence-corrected chi connectivity index (χ1v) is 12.0. The Balaban J connectivity index is 1.54. The summed E-state index contributed by atoms with van der Waals surface area (Å²) >= 11 is 0. The number of hydrogen-bond donors (Lipinski definition) is 1. The van der Waals surface area contributed by atoms with E-state index in [4.69, 9.17) is 4.74 Å². The van der Waals surface area contributed by atoms with Crippen LogP contribution in [-0.4, -0.2) is 43.9 Å². The van der Waals surface area contributed by atoms with Crippen molar-refractivity contribution in [2.45, 2.75) is 57.8 Å². The number of H-pyrrole nitrogens is 1. The highest BCUT2D eigenvalue weighted by Gasteiger charge is 2.38. The van der Waals surface area contributed by atoms with E-state index < -0.39 is 6.04 Å². The van der Waals surface area contributed by atoms with Crippen LogP contribution in [0.15, 0.2) is 53.3 Å². The Morgan fingerprint density at radius 1 is 1.21 bits per heavy atom. The number of rotatable bonds is 5. The number of benzene rings is 2. The van der Waals surface area contributed by atoms with Crippen LogP contribution in [0.4, 0.5) is 5.69 Å². The highest BCUT2D eigenvalue weighted by Crippen LogP contribution is 2.40. The second kappa shape index (κ2) is 8.36. The van der Waals surface area contributed by atoms with Crippen molar-refractivity contribution in [3.05, 3.63) is 81.4 Å². The van der Waals surface area contributed by atoms with Crippen molar-refractivity contribution in [1.82, 2.24) is 25.2 Å². The Hall–Kier alpha value is -3.52. The van der Waals surface area contributed by atoms with Gasteiger partial charge in [0.05, 0.1) is 18.2 Å². The number of tetrazole rings is 1. The average Bonchev–Trinajstić information content (AvgIpc) is 3.57. The van der Waals surface area contributed by atoms with E-state index in [1.807, 2.05) is 41.9 Å². The molecule has 0 saturated carbocycles. The number of aryl methyl sites for hydroxylation is 1. The second-order valence-electron chi connectivity index (χ2n) is 9.44. The van der Waals surface area contributed by atoms with Crippen LogP contribution in [-0.2, 0) is 17.7 Å². The fourth-order valence-corrected chi connectivity index (χ4v) is 5.52. The summed E-state index contributed by atoms with van der Waals surface area (Å²) in [6, 6.07) is 16.2. The molecule has 2 aliphatic heterocycles. The quantitative estimate of drug-likeness (QED) is 0.494. The molecule has 3 unspecified atom stereocenters. The van der Waals surface area contributed by atoms with Gasteiger partial charge in [-0.2, -0.15) is 0 Å². The summed E-state index contributed by atoms with van der Waals surface area (Å²) in [5.74, 6) is 0.663. The number of fused-ring (bicyclic) bond motifs is 2. The first-order chi connectivity index (χ1) is 16.6. The van der Waals surface area contributed by atoms with Gasteiger partial charge in [0, 0.05) is 23.9 Å². The van der Waals surface area contributed by atoms with Gasteiger partial charge < -0.3 is 14.6 Å². The molecule has 1 N–H and O–H groups in total. The molecule has 8 heteroatoms. The number of aromatic amines is 1. The first-order valence-electron chi connectivity index (χ1n) is 12.0. The number of pyridine rings is 1. The molecule has 1 saturated heterocycles. The van der Waals surface area contributed by atoms with Gasteiger partial charge in [0.2, 0.25) is 0 Å². The summed E-state index contributed by atoms with van der Waals surface area (Å²) in [4.78, 5) is 19.0. The zero-order valence-corrected chi connectivity index (χ0v) is 19.4. The summed E-state index contributed by atoms with van der Waals surface area (Å²) in [5, 5.41) is 13.8. The normalized spacial score (nSPS) is 20.7. The van der Waals surface area contributed by atoms with Crippen molar-refractivity contribution < 1.29 is 4.74 Å². The van der Waals surface area contributed by atoms with Gasteiger partial charge in [0.1, 0.15) is 6.04 Å². The molecule has 6 rings (SSSR count). The highest BCUT2D eigenvalue weighted by molar-refractivity contribution is 5.82. The molecule has 34 heavy (non-hydrogen) atoms. The Morgan fingerprint density at radius 3 is 2.94 bits per heavy atom. The Labute approximate surface area is 197 Å². The molecule has 4 aromatic rings. The lowest BCUT2D eigenvalue weighted by atomic mass is 10.0. The van der Waals surface area contributed by atoms with Gasteiger partial charge in [0.25, 0.3) is 5.56 Å². The van der Waals surface area contributed by atoms with Gasteiger partial charge in [-0.1, -0.05) is 36.4 Å². The third kappa shape index (κ3) is 3.49. The average molecular weight is 457 g/mol. The van der Waals surface area contributed by atoms with E-state index in [1.54, 1.807) is 0 Å². The minimum Gasteiger partial charge on any atom is -0.376 e. The van der Waals surface area contributed by atoms with E-state index in [1.165, 1.54) is 5.56 Å². The van der Waals surface area contributed by atoms with Crippen LogP contribution in [0.3, 0.4) is 0 Å². The summed E-state index contributed by atoms with van der Waals surface area (Å²) in [6.45, 7) is 5.55. The maximum atomic E-state index is 13.6. The third-order valence-electron chi connectivity index (χ3n) is 7.15. The van der Waals surface area contributed by atoms with Crippen LogP contribution >= 0.6 is 0 Å². The van der Waals surface area contributed by atoms with Gasteiger partial charge >= 0.3 is 0 Å². The highest BCUT2D eigenvalue weighted by atomic mass is 16.5. The van der Waals surface area contributed by atoms with Crippen molar-refractivity contribution in [2.24, 2.45) is 0 Å². The number of ether oxygens (including phenoxy) is 1. The molecule has 3 atom stereocenters. The van der Waals surface area contributed by atoms with Crippen LogP contribution in [0.2, 0.25) is 0 Å².